The molecule has 300 valence electrons. The highest BCUT2D eigenvalue weighted by atomic mass is 15.1. The van der Waals surface area contributed by atoms with Gasteiger partial charge in [-0.1, -0.05) is 220 Å². The number of rotatable bonds is 9. The number of nitrogens with zero attached hydrogens (tertiary/aromatic N) is 1. The van der Waals surface area contributed by atoms with Crippen LogP contribution in [0.15, 0.2) is 243 Å². The summed E-state index contributed by atoms with van der Waals surface area (Å²) < 4.78 is 0. The molecule has 10 aromatic carbocycles. The van der Waals surface area contributed by atoms with E-state index in [2.05, 4.69) is 261 Å². The summed E-state index contributed by atoms with van der Waals surface area (Å²) in [4.78, 5) is 2.43. The van der Waals surface area contributed by atoms with Crippen molar-refractivity contribution < 1.29 is 0 Å². The fourth-order valence-corrected chi connectivity index (χ4v) is 10.3. The van der Waals surface area contributed by atoms with E-state index in [0.717, 1.165) is 17.1 Å². The molecular weight excluding hydrogens is 759 g/mol. The van der Waals surface area contributed by atoms with Gasteiger partial charge in [-0.2, -0.15) is 0 Å². The smallest absolute Gasteiger partial charge is 0.0714 e. The summed E-state index contributed by atoms with van der Waals surface area (Å²) in [6.07, 6.45) is 0. The van der Waals surface area contributed by atoms with Crippen LogP contribution in [-0.4, -0.2) is 0 Å². The van der Waals surface area contributed by atoms with E-state index in [0.29, 0.717) is 5.92 Å². The molecular formula is C62H47N. The Balaban J connectivity index is 1.12. The van der Waals surface area contributed by atoms with Crippen LogP contribution in [0.4, 0.5) is 17.1 Å². The van der Waals surface area contributed by atoms with E-state index in [1.165, 1.54) is 83.1 Å². The van der Waals surface area contributed by atoms with Crippen LogP contribution in [0.25, 0.3) is 55.3 Å². The van der Waals surface area contributed by atoms with Crippen LogP contribution in [0.1, 0.15) is 47.6 Å². The van der Waals surface area contributed by atoms with Crippen molar-refractivity contribution in [3.05, 3.63) is 270 Å². The first kappa shape index (κ1) is 38.2. The number of anilines is 3. The fraction of sp³-hybridized carbons (Fsp3) is 0.0645. The summed E-state index contributed by atoms with van der Waals surface area (Å²) >= 11 is 0. The first-order chi connectivity index (χ1) is 31.1. The molecule has 10 aromatic rings. The van der Waals surface area contributed by atoms with E-state index >= 15 is 0 Å². The van der Waals surface area contributed by atoms with Crippen LogP contribution in [0.2, 0.25) is 0 Å². The monoisotopic (exact) mass is 805 g/mol. The third kappa shape index (κ3) is 6.48. The van der Waals surface area contributed by atoms with Crippen LogP contribution in [0, 0.1) is 0 Å². The molecule has 1 nitrogen and oxygen atoms in total. The van der Waals surface area contributed by atoms with Gasteiger partial charge in [0.2, 0.25) is 0 Å². The summed E-state index contributed by atoms with van der Waals surface area (Å²) in [6, 6.07) is 89.4. The first-order valence-corrected chi connectivity index (χ1v) is 22.1. The van der Waals surface area contributed by atoms with E-state index in [4.69, 9.17) is 0 Å². The molecule has 1 aliphatic rings. The van der Waals surface area contributed by atoms with E-state index in [1.54, 1.807) is 0 Å². The highest BCUT2D eigenvalue weighted by molar-refractivity contribution is 6.04. The van der Waals surface area contributed by atoms with Crippen molar-refractivity contribution in [1.29, 1.82) is 0 Å². The Morgan fingerprint density at radius 2 is 0.857 bits per heavy atom. The number of hydrogen-bond acceptors (Lipinski definition) is 1. The van der Waals surface area contributed by atoms with Gasteiger partial charge in [0.05, 0.1) is 5.41 Å². The van der Waals surface area contributed by atoms with Crippen molar-refractivity contribution >= 4 is 27.8 Å². The molecule has 0 unspecified atom stereocenters. The Kier molecular flexibility index (Phi) is 9.67. The van der Waals surface area contributed by atoms with Crippen molar-refractivity contribution in [2.24, 2.45) is 0 Å². The molecule has 0 radical (unpaired) electrons. The Hall–Kier alpha value is -7.74. The SMILES string of the molecule is CC(C)c1cccc2c1-c1ccc(N(c3ccc(-c4ccccc4)cc3)c3ccc(-c4ccc5ccccc5c4-c4ccccc4)cc3)cc1C2(c1ccccc1)c1ccccc1. The van der Waals surface area contributed by atoms with Crippen molar-refractivity contribution in [2.45, 2.75) is 25.2 Å². The van der Waals surface area contributed by atoms with Gasteiger partial charge in [-0.05, 0) is 125 Å². The average Bonchev–Trinajstić information content (AvgIpc) is 3.66. The predicted octanol–water partition coefficient (Wildman–Crippen LogP) is 16.8. The molecule has 0 aliphatic heterocycles. The zero-order valence-electron chi connectivity index (χ0n) is 35.6. The van der Waals surface area contributed by atoms with Gasteiger partial charge in [-0.3, -0.25) is 0 Å². The molecule has 0 saturated carbocycles. The second-order valence-corrected chi connectivity index (χ2v) is 17.0. The summed E-state index contributed by atoms with van der Waals surface area (Å²) in [7, 11) is 0. The average molecular weight is 806 g/mol. The molecule has 0 spiro atoms. The second-order valence-electron chi connectivity index (χ2n) is 17.0. The second kappa shape index (κ2) is 15.9. The zero-order valence-corrected chi connectivity index (χ0v) is 35.6. The molecule has 1 aliphatic carbocycles. The number of fused-ring (bicyclic) bond motifs is 4. The maximum absolute atomic E-state index is 2.48. The third-order valence-electron chi connectivity index (χ3n) is 13.1. The van der Waals surface area contributed by atoms with Gasteiger partial charge in [0.1, 0.15) is 0 Å². The quantitative estimate of drug-likeness (QED) is 0.140. The molecule has 0 atom stereocenters. The van der Waals surface area contributed by atoms with Gasteiger partial charge >= 0.3 is 0 Å². The van der Waals surface area contributed by atoms with Crippen molar-refractivity contribution in [1.82, 2.24) is 0 Å². The van der Waals surface area contributed by atoms with Crippen molar-refractivity contribution in [3.8, 4) is 44.5 Å². The van der Waals surface area contributed by atoms with E-state index in [-0.39, 0.29) is 0 Å². The number of hydrogen-bond donors (Lipinski definition) is 0. The van der Waals surface area contributed by atoms with Crippen LogP contribution in [0.5, 0.6) is 0 Å². The van der Waals surface area contributed by atoms with E-state index < -0.39 is 5.41 Å². The standard InChI is InChI=1S/C62H47N/c1-43(2)54-28-17-29-58-61(54)57-41-39-53(42-59(57)62(58,49-23-11-5-12-24-49)50-25-13-6-14-26-50)63(51-35-30-45(31-36-51)44-18-7-3-8-19-44)52-37-32-47(33-38-52)56-40-34-46-20-15-16-27-55(46)60(56)48-21-9-4-10-22-48/h3-43H,1-2H3. The summed E-state index contributed by atoms with van der Waals surface area (Å²) in [5.41, 5.74) is 19.2. The summed E-state index contributed by atoms with van der Waals surface area (Å²) in [5, 5.41) is 2.49. The minimum atomic E-state index is -0.523. The maximum Gasteiger partial charge on any atom is 0.0714 e. The van der Waals surface area contributed by atoms with Gasteiger partial charge in [-0.25, -0.2) is 0 Å². The van der Waals surface area contributed by atoms with Crippen LogP contribution in [0.3, 0.4) is 0 Å². The minimum absolute atomic E-state index is 0.359. The Bertz CT molecular complexity index is 3170. The van der Waals surface area contributed by atoms with E-state index in [1.807, 2.05) is 0 Å². The van der Waals surface area contributed by atoms with E-state index in [9.17, 15) is 0 Å². The van der Waals surface area contributed by atoms with Crippen LogP contribution >= 0.6 is 0 Å². The molecule has 0 aromatic heterocycles. The Labute approximate surface area is 371 Å². The molecule has 0 saturated heterocycles. The lowest BCUT2D eigenvalue weighted by molar-refractivity contribution is 0.765. The largest absolute Gasteiger partial charge is 0.310 e. The Morgan fingerprint density at radius 3 is 1.48 bits per heavy atom. The van der Waals surface area contributed by atoms with Crippen molar-refractivity contribution in [3.63, 3.8) is 0 Å². The zero-order chi connectivity index (χ0) is 42.3. The normalized spacial score (nSPS) is 12.6. The molecule has 63 heavy (non-hydrogen) atoms. The third-order valence-corrected chi connectivity index (χ3v) is 13.1. The van der Waals surface area contributed by atoms with Gasteiger partial charge in [0, 0.05) is 17.1 Å². The van der Waals surface area contributed by atoms with Gasteiger partial charge in [0.15, 0.2) is 0 Å². The molecule has 1 heteroatoms. The topological polar surface area (TPSA) is 3.24 Å². The first-order valence-electron chi connectivity index (χ1n) is 22.1. The molecule has 0 amide bonds. The molecule has 11 rings (SSSR count). The molecule has 0 heterocycles. The molecule has 0 fully saturated rings. The Morgan fingerprint density at radius 1 is 0.349 bits per heavy atom. The minimum Gasteiger partial charge on any atom is -0.310 e. The van der Waals surface area contributed by atoms with Gasteiger partial charge in [-0.15, -0.1) is 0 Å². The highest BCUT2D eigenvalue weighted by Gasteiger charge is 2.47. The lowest BCUT2D eigenvalue weighted by Gasteiger charge is -2.35. The number of benzene rings is 10. The van der Waals surface area contributed by atoms with Gasteiger partial charge < -0.3 is 4.90 Å². The molecule has 0 bridgehead atoms. The molecule has 0 N–H and O–H groups in total. The fourth-order valence-electron chi connectivity index (χ4n) is 10.3. The van der Waals surface area contributed by atoms with Crippen LogP contribution < -0.4 is 4.90 Å². The highest BCUT2D eigenvalue weighted by Crippen LogP contribution is 2.59. The lowest BCUT2D eigenvalue weighted by Crippen LogP contribution is -2.28. The maximum atomic E-state index is 2.48. The predicted molar refractivity (Wildman–Crippen MR) is 266 cm³/mol. The van der Waals surface area contributed by atoms with Gasteiger partial charge in [0.25, 0.3) is 0 Å². The van der Waals surface area contributed by atoms with Crippen LogP contribution in [-0.2, 0) is 5.41 Å². The summed E-state index contributed by atoms with van der Waals surface area (Å²) in [5.74, 6) is 0.359. The van der Waals surface area contributed by atoms with Crippen molar-refractivity contribution in [2.75, 3.05) is 4.90 Å². The lowest BCUT2D eigenvalue weighted by atomic mass is 9.67. The summed E-state index contributed by atoms with van der Waals surface area (Å²) in [6.45, 7) is 4.64.